The topological polar surface area (TPSA) is 49.0 Å². The molecule has 24 heavy (non-hydrogen) atoms. The highest BCUT2D eigenvalue weighted by Gasteiger charge is 2.34. The number of carbonyl (C=O) groups is 1. The molecule has 0 radical (unpaired) electrons. The normalized spacial score (nSPS) is 16.9. The Hall–Kier alpha value is -2.47. The molecule has 0 saturated carbocycles. The lowest BCUT2D eigenvalue weighted by Crippen LogP contribution is -2.45. The third-order valence-corrected chi connectivity index (χ3v) is 5.37. The Morgan fingerprint density at radius 3 is 2.71 bits per heavy atom. The van der Waals surface area contributed by atoms with Gasteiger partial charge in [-0.15, -0.1) is 11.3 Å². The first-order valence-electron chi connectivity index (χ1n) is 7.80. The van der Waals surface area contributed by atoms with Crippen LogP contribution in [0.3, 0.4) is 0 Å². The first-order chi connectivity index (χ1) is 11.6. The fourth-order valence-corrected chi connectivity index (χ4v) is 3.78. The number of aromatic nitrogens is 2. The monoisotopic (exact) mass is 341 g/mol. The van der Waals surface area contributed by atoms with Crippen molar-refractivity contribution < 1.29 is 9.18 Å². The zero-order valence-electron chi connectivity index (χ0n) is 13.1. The van der Waals surface area contributed by atoms with Crippen molar-refractivity contribution in [2.45, 2.75) is 19.4 Å². The molecule has 6 heteroatoms. The Morgan fingerprint density at radius 1 is 1.29 bits per heavy atom. The van der Waals surface area contributed by atoms with Gasteiger partial charge in [0.05, 0.1) is 16.6 Å². The van der Waals surface area contributed by atoms with Crippen LogP contribution in [0.4, 0.5) is 4.39 Å². The Balaban J connectivity index is 1.53. The average molecular weight is 341 g/mol. The second-order valence-electron chi connectivity index (χ2n) is 5.93. The molecule has 1 aromatic carbocycles. The molecule has 1 saturated heterocycles. The highest BCUT2D eigenvalue weighted by Crippen LogP contribution is 2.35. The Bertz CT molecular complexity index is 884. The molecule has 3 heterocycles. The SMILES string of the molecule is Cc1ccc(-c2cc(C(=O)N3CCC3c3ccc(F)cc3)n[nH]2)s1. The highest BCUT2D eigenvalue weighted by molar-refractivity contribution is 7.15. The summed E-state index contributed by atoms with van der Waals surface area (Å²) in [5.74, 6) is -0.356. The summed E-state index contributed by atoms with van der Waals surface area (Å²) in [5.41, 5.74) is 2.24. The number of likely N-dealkylation sites (tertiary alicyclic amines) is 1. The molecule has 2 aromatic heterocycles. The molecule has 0 bridgehead atoms. The molecule has 1 atom stereocenters. The number of carbonyl (C=O) groups excluding carboxylic acids is 1. The van der Waals surface area contributed by atoms with Gasteiger partial charge in [-0.05, 0) is 49.2 Å². The van der Waals surface area contributed by atoms with Crippen molar-refractivity contribution in [2.24, 2.45) is 0 Å². The van der Waals surface area contributed by atoms with Gasteiger partial charge in [0.2, 0.25) is 0 Å². The molecular formula is C18H16FN3OS. The van der Waals surface area contributed by atoms with Crippen LogP contribution in [-0.4, -0.2) is 27.5 Å². The number of rotatable bonds is 3. The summed E-state index contributed by atoms with van der Waals surface area (Å²) < 4.78 is 13.1. The van der Waals surface area contributed by atoms with E-state index in [2.05, 4.69) is 10.2 Å². The second kappa shape index (κ2) is 5.87. The summed E-state index contributed by atoms with van der Waals surface area (Å²) in [7, 11) is 0. The average Bonchev–Trinajstić information content (AvgIpc) is 3.17. The van der Waals surface area contributed by atoms with Crippen LogP contribution in [0.1, 0.15) is 33.4 Å². The molecule has 0 aliphatic carbocycles. The summed E-state index contributed by atoms with van der Waals surface area (Å²) in [4.78, 5) is 16.8. The standard InChI is InChI=1S/C18H16FN3OS/c1-11-2-7-17(24-11)14-10-15(21-20-14)18(23)22-9-8-16(22)12-3-5-13(19)6-4-12/h2-7,10,16H,8-9H2,1H3,(H,20,21). The van der Waals surface area contributed by atoms with Crippen molar-refractivity contribution in [1.82, 2.24) is 15.1 Å². The zero-order valence-corrected chi connectivity index (χ0v) is 13.9. The number of aromatic amines is 1. The molecule has 1 unspecified atom stereocenters. The third-order valence-electron chi connectivity index (χ3n) is 4.34. The molecule has 3 aromatic rings. The lowest BCUT2D eigenvalue weighted by atomic mass is 9.94. The maximum atomic E-state index is 13.1. The number of nitrogens with one attached hydrogen (secondary N) is 1. The van der Waals surface area contributed by atoms with E-state index in [4.69, 9.17) is 0 Å². The van der Waals surface area contributed by atoms with E-state index < -0.39 is 0 Å². The van der Waals surface area contributed by atoms with Crippen molar-refractivity contribution in [3.05, 3.63) is 64.4 Å². The van der Waals surface area contributed by atoms with Gasteiger partial charge in [0.1, 0.15) is 5.82 Å². The van der Waals surface area contributed by atoms with Crippen LogP contribution < -0.4 is 0 Å². The van der Waals surface area contributed by atoms with Gasteiger partial charge in [-0.1, -0.05) is 12.1 Å². The predicted octanol–water partition coefficient (Wildman–Crippen LogP) is 4.17. The van der Waals surface area contributed by atoms with E-state index in [-0.39, 0.29) is 17.8 Å². The fourth-order valence-electron chi connectivity index (χ4n) is 2.95. The second-order valence-corrected chi connectivity index (χ2v) is 7.22. The van der Waals surface area contributed by atoms with Crippen LogP contribution in [-0.2, 0) is 0 Å². The number of aryl methyl sites for hydroxylation is 1. The van der Waals surface area contributed by atoms with Gasteiger partial charge in [0.25, 0.3) is 5.91 Å². The minimum atomic E-state index is -0.265. The van der Waals surface area contributed by atoms with E-state index in [1.54, 1.807) is 34.4 Å². The largest absolute Gasteiger partial charge is 0.330 e. The van der Waals surface area contributed by atoms with Crippen molar-refractivity contribution in [1.29, 1.82) is 0 Å². The number of hydrogen-bond donors (Lipinski definition) is 1. The lowest BCUT2D eigenvalue weighted by molar-refractivity contribution is 0.0454. The van der Waals surface area contributed by atoms with E-state index >= 15 is 0 Å². The number of thiophene rings is 1. The molecule has 1 aliphatic rings. The Labute approximate surface area is 142 Å². The molecule has 0 spiro atoms. The molecular weight excluding hydrogens is 325 g/mol. The smallest absolute Gasteiger partial charge is 0.274 e. The van der Waals surface area contributed by atoms with Gasteiger partial charge in [0.15, 0.2) is 5.69 Å². The molecule has 4 nitrogen and oxygen atoms in total. The third kappa shape index (κ3) is 2.63. The first-order valence-corrected chi connectivity index (χ1v) is 8.62. The maximum absolute atomic E-state index is 13.1. The molecule has 1 fully saturated rings. The van der Waals surface area contributed by atoms with Crippen molar-refractivity contribution in [2.75, 3.05) is 6.54 Å². The minimum absolute atomic E-state index is 0.00207. The fraction of sp³-hybridized carbons (Fsp3) is 0.222. The summed E-state index contributed by atoms with van der Waals surface area (Å²) >= 11 is 1.66. The first kappa shape index (κ1) is 15.1. The van der Waals surface area contributed by atoms with Crippen LogP contribution in [0, 0.1) is 12.7 Å². The van der Waals surface area contributed by atoms with E-state index in [1.807, 2.05) is 19.1 Å². The Morgan fingerprint density at radius 2 is 2.08 bits per heavy atom. The molecule has 1 aliphatic heterocycles. The predicted molar refractivity (Wildman–Crippen MR) is 91.4 cm³/mol. The number of H-pyrrole nitrogens is 1. The van der Waals surface area contributed by atoms with Crippen molar-refractivity contribution in [3.63, 3.8) is 0 Å². The molecule has 4 rings (SSSR count). The number of benzene rings is 1. The lowest BCUT2D eigenvalue weighted by Gasteiger charge is -2.41. The molecule has 1 N–H and O–H groups in total. The molecule has 122 valence electrons. The number of amides is 1. The van der Waals surface area contributed by atoms with Gasteiger partial charge in [0, 0.05) is 11.4 Å². The van der Waals surface area contributed by atoms with Crippen LogP contribution >= 0.6 is 11.3 Å². The summed E-state index contributed by atoms with van der Waals surface area (Å²) in [6.07, 6.45) is 0.888. The van der Waals surface area contributed by atoms with Gasteiger partial charge in [-0.25, -0.2) is 4.39 Å². The molecule has 1 amide bonds. The minimum Gasteiger partial charge on any atom is -0.330 e. The van der Waals surface area contributed by atoms with Gasteiger partial charge >= 0.3 is 0 Å². The van der Waals surface area contributed by atoms with Crippen LogP contribution in [0.25, 0.3) is 10.6 Å². The summed E-state index contributed by atoms with van der Waals surface area (Å²) in [6.45, 7) is 2.74. The Kier molecular flexibility index (Phi) is 3.69. The van der Waals surface area contributed by atoms with Gasteiger partial charge in [-0.2, -0.15) is 5.10 Å². The zero-order chi connectivity index (χ0) is 16.7. The number of nitrogens with zero attached hydrogens (tertiary/aromatic N) is 2. The van der Waals surface area contributed by atoms with Crippen LogP contribution in [0.15, 0.2) is 42.5 Å². The quantitative estimate of drug-likeness (QED) is 0.777. The highest BCUT2D eigenvalue weighted by atomic mass is 32.1. The van der Waals surface area contributed by atoms with E-state index in [1.165, 1.54) is 17.0 Å². The number of hydrogen-bond acceptors (Lipinski definition) is 3. The summed E-state index contributed by atoms with van der Waals surface area (Å²) in [6, 6.07) is 12.2. The van der Waals surface area contributed by atoms with Crippen molar-refractivity contribution in [3.8, 4) is 10.6 Å². The van der Waals surface area contributed by atoms with Gasteiger partial charge in [-0.3, -0.25) is 9.89 Å². The van der Waals surface area contributed by atoms with E-state index in [9.17, 15) is 9.18 Å². The number of halogens is 1. The van der Waals surface area contributed by atoms with Crippen LogP contribution in [0.5, 0.6) is 0 Å². The van der Waals surface area contributed by atoms with Crippen molar-refractivity contribution >= 4 is 17.2 Å². The van der Waals surface area contributed by atoms with E-state index in [0.717, 1.165) is 22.6 Å². The van der Waals surface area contributed by atoms with Crippen LogP contribution in [0.2, 0.25) is 0 Å². The summed E-state index contributed by atoms with van der Waals surface area (Å²) in [5, 5.41) is 7.12. The maximum Gasteiger partial charge on any atom is 0.274 e. The van der Waals surface area contributed by atoms with E-state index in [0.29, 0.717) is 12.2 Å². The van der Waals surface area contributed by atoms with Gasteiger partial charge < -0.3 is 4.90 Å².